The van der Waals surface area contributed by atoms with Gasteiger partial charge in [-0.3, -0.25) is 0 Å². The van der Waals surface area contributed by atoms with Gasteiger partial charge in [-0.15, -0.1) is 0 Å². The quantitative estimate of drug-likeness (QED) is 0.864. The lowest BCUT2D eigenvalue weighted by Crippen LogP contribution is -2.04. The number of carboxylic acids is 1. The van der Waals surface area contributed by atoms with Gasteiger partial charge in [0, 0.05) is 0 Å². The summed E-state index contributed by atoms with van der Waals surface area (Å²) in [4.78, 5) is 11.3. The minimum Gasteiger partial charge on any atom is -0.493 e. The second-order valence-electron chi connectivity index (χ2n) is 4.23. The van der Waals surface area contributed by atoms with Gasteiger partial charge in [0.1, 0.15) is 22.8 Å². The average Bonchev–Trinajstić information content (AvgIpc) is 2.47. The van der Waals surface area contributed by atoms with Gasteiger partial charge in [-0.25, -0.2) is 4.79 Å². The molecule has 20 heavy (non-hydrogen) atoms. The van der Waals surface area contributed by atoms with Crippen LogP contribution in [-0.2, 0) is 0 Å². The lowest BCUT2D eigenvalue weighted by atomic mass is 10.2. The summed E-state index contributed by atoms with van der Waals surface area (Å²) >= 11 is 0. The number of ether oxygens (including phenoxy) is 2. The summed E-state index contributed by atoms with van der Waals surface area (Å²) in [6.45, 7) is 2.45. The molecule has 104 valence electrons. The molecule has 0 atom stereocenters. The van der Waals surface area contributed by atoms with Crippen molar-refractivity contribution in [3.05, 3.63) is 54.1 Å². The van der Waals surface area contributed by atoms with Gasteiger partial charge >= 0.3 is 5.97 Å². The highest BCUT2D eigenvalue weighted by molar-refractivity contribution is 5.91. The highest BCUT2D eigenvalue weighted by Gasteiger charge is 2.13. The van der Waals surface area contributed by atoms with Crippen LogP contribution in [0.4, 0.5) is 0 Å². The maximum absolute atomic E-state index is 11.3. The summed E-state index contributed by atoms with van der Waals surface area (Å²) in [5, 5.41) is 9.22. The predicted molar refractivity (Wildman–Crippen MR) is 75.7 cm³/mol. The van der Waals surface area contributed by atoms with Crippen LogP contribution < -0.4 is 9.47 Å². The molecular formula is C16H16O4. The molecule has 2 rings (SSSR count). The SMILES string of the molecule is CCCOc1ccc(Oc2ccccc2)cc1C(=O)O. The van der Waals surface area contributed by atoms with Gasteiger partial charge < -0.3 is 14.6 Å². The van der Waals surface area contributed by atoms with Gasteiger partial charge in [-0.2, -0.15) is 0 Å². The molecule has 0 unspecified atom stereocenters. The number of para-hydroxylation sites is 1. The van der Waals surface area contributed by atoms with Crippen molar-refractivity contribution < 1.29 is 19.4 Å². The zero-order valence-corrected chi connectivity index (χ0v) is 11.2. The minimum atomic E-state index is -1.03. The van der Waals surface area contributed by atoms with E-state index in [2.05, 4.69) is 0 Å². The van der Waals surface area contributed by atoms with E-state index in [1.165, 1.54) is 6.07 Å². The molecule has 0 aliphatic carbocycles. The fourth-order valence-corrected chi connectivity index (χ4v) is 1.70. The highest BCUT2D eigenvalue weighted by atomic mass is 16.5. The molecule has 0 spiro atoms. The van der Waals surface area contributed by atoms with E-state index in [9.17, 15) is 9.90 Å². The Balaban J connectivity index is 2.23. The standard InChI is InChI=1S/C16H16O4/c1-2-10-19-15-9-8-13(11-14(15)16(17)18)20-12-6-4-3-5-7-12/h3-9,11H,2,10H2,1H3,(H,17,18). The molecule has 1 N–H and O–H groups in total. The Hall–Kier alpha value is -2.49. The van der Waals surface area contributed by atoms with Crippen molar-refractivity contribution in [2.45, 2.75) is 13.3 Å². The highest BCUT2D eigenvalue weighted by Crippen LogP contribution is 2.28. The van der Waals surface area contributed by atoms with E-state index in [4.69, 9.17) is 9.47 Å². The number of carboxylic acid groups (broad SMARTS) is 1. The van der Waals surface area contributed by atoms with Crippen molar-refractivity contribution in [3.8, 4) is 17.2 Å². The second-order valence-corrected chi connectivity index (χ2v) is 4.23. The normalized spacial score (nSPS) is 10.1. The van der Waals surface area contributed by atoms with Crippen molar-refractivity contribution in [2.24, 2.45) is 0 Å². The summed E-state index contributed by atoms with van der Waals surface area (Å²) in [5.41, 5.74) is 0.104. The van der Waals surface area contributed by atoms with E-state index in [0.29, 0.717) is 23.9 Å². The monoisotopic (exact) mass is 272 g/mol. The number of carbonyl (C=O) groups is 1. The van der Waals surface area contributed by atoms with E-state index in [-0.39, 0.29) is 5.56 Å². The molecule has 0 radical (unpaired) electrons. The third-order valence-electron chi connectivity index (χ3n) is 2.62. The third kappa shape index (κ3) is 3.51. The molecule has 0 aromatic heterocycles. The van der Waals surface area contributed by atoms with Crippen LogP contribution in [0.15, 0.2) is 48.5 Å². The van der Waals surface area contributed by atoms with E-state index in [0.717, 1.165) is 6.42 Å². The summed E-state index contributed by atoms with van der Waals surface area (Å²) in [7, 11) is 0. The van der Waals surface area contributed by atoms with Crippen LogP contribution in [0.1, 0.15) is 23.7 Å². The van der Waals surface area contributed by atoms with E-state index >= 15 is 0 Å². The van der Waals surface area contributed by atoms with Gasteiger partial charge in [0.15, 0.2) is 0 Å². The van der Waals surface area contributed by atoms with Gasteiger partial charge in [-0.05, 0) is 36.8 Å². The molecule has 4 heteroatoms. The van der Waals surface area contributed by atoms with Gasteiger partial charge in [0.25, 0.3) is 0 Å². The minimum absolute atomic E-state index is 0.104. The lowest BCUT2D eigenvalue weighted by molar-refractivity contribution is 0.0692. The topological polar surface area (TPSA) is 55.8 Å². The molecule has 2 aromatic rings. The number of aromatic carboxylic acids is 1. The van der Waals surface area contributed by atoms with Crippen molar-refractivity contribution >= 4 is 5.97 Å². The molecule has 0 aliphatic rings. The largest absolute Gasteiger partial charge is 0.493 e. The maximum Gasteiger partial charge on any atom is 0.339 e. The molecular weight excluding hydrogens is 256 g/mol. The third-order valence-corrected chi connectivity index (χ3v) is 2.62. The molecule has 0 heterocycles. The Labute approximate surface area is 117 Å². The van der Waals surface area contributed by atoms with Crippen LogP contribution in [0, 0.1) is 0 Å². The number of hydrogen-bond acceptors (Lipinski definition) is 3. The predicted octanol–water partition coefficient (Wildman–Crippen LogP) is 3.97. The first-order valence-electron chi connectivity index (χ1n) is 6.43. The molecule has 0 fully saturated rings. The molecule has 0 amide bonds. The van der Waals surface area contributed by atoms with Crippen molar-refractivity contribution in [1.82, 2.24) is 0 Å². The first kappa shape index (κ1) is 13.9. The van der Waals surface area contributed by atoms with Crippen LogP contribution in [-0.4, -0.2) is 17.7 Å². The molecule has 0 bridgehead atoms. The second kappa shape index (κ2) is 6.61. The Morgan fingerprint density at radius 3 is 2.50 bits per heavy atom. The molecule has 4 nitrogen and oxygen atoms in total. The number of benzene rings is 2. The molecule has 0 saturated heterocycles. The van der Waals surface area contributed by atoms with Crippen LogP contribution in [0.5, 0.6) is 17.2 Å². The summed E-state index contributed by atoms with van der Waals surface area (Å²) in [6, 6.07) is 14.0. The smallest absolute Gasteiger partial charge is 0.339 e. The number of rotatable bonds is 6. The summed E-state index contributed by atoms with van der Waals surface area (Å²) in [6.07, 6.45) is 0.821. The van der Waals surface area contributed by atoms with E-state index in [1.54, 1.807) is 12.1 Å². The molecule has 0 aliphatic heterocycles. The molecule has 2 aromatic carbocycles. The summed E-state index contributed by atoms with van der Waals surface area (Å²) in [5.74, 6) is 0.456. The summed E-state index contributed by atoms with van der Waals surface area (Å²) < 4.78 is 11.0. The van der Waals surface area contributed by atoms with Crippen molar-refractivity contribution in [1.29, 1.82) is 0 Å². The van der Waals surface area contributed by atoms with Gasteiger partial charge in [-0.1, -0.05) is 25.1 Å². The van der Waals surface area contributed by atoms with Crippen LogP contribution in [0.3, 0.4) is 0 Å². The molecule has 0 saturated carbocycles. The zero-order chi connectivity index (χ0) is 14.4. The first-order valence-corrected chi connectivity index (χ1v) is 6.43. The van der Waals surface area contributed by atoms with Crippen molar-refractivity contribution in [2.75, 3.05) is 6.61 Å². The Kier molecular flexibility index (Phi) is 4.60. The first-order chi connectivity index (χ1) is 9.70. The van der Waals surface area contributed by atoms with Crippen LogP contribution in [0.25, 0.3) is 0 Å². The zero-order valence-electron chi connectivity index (χ0n) is 11.2. The maximum atomic E-state index is 11.3. The van der Waals surface area contributed by atoms with Gasteiger partial charge in [0.2, 0.25) is 0 Å². The van der Waals surface area contributed by atoms with Crippen molar-refractivity contribution in [3.63, 3.8) is 0 Å². The fourth-order valence-electron chi connectivity index (χ4n) is 1.70. The Morgan fingerprint density at radius 2 is 1.85 bits per heavy atom. The van der Waals surface area contributed by atoms with Gasteiger partial charge in [0.05, 0.1) is 6.61 Å². The van der Waals surface area contributed by atoms with E-state index < -0.39 is 5.97 Å². The Bertz CT molecular complexity index is 578. The Morgan fingerprint density at radius 1 is 1.10 bits per heavy atom. The van der Waals surface area contributed by atoms with Crippen LogP contribution in [0.2, 0.25) is 0 Å². The average molecular weight is 272 g/mol. The lowest BCUT2D eigenvalue weighted by Gasteiger charge is -2.11. The van der Waals surface area contributed by atoms with Crippen LogP contribution >= 0.6 is 0 Å². The van der Waals surface area contributed by atoms with E-state index in [1.807, 2.05) is 37.3 Å². The fraction of sp³-hybridized carbons (Fsp3) is 0.188. The number of hydrogen-bond donors (Lipinski definition) is 1.